The molecule has 4 rings (SSSR count). The van der Waals surface area contributed by atoms with E-state index in [9.17, 15) is 22.8 Å². The number of ether oxygens (including phenoxy) is 3. The fraction of sp³-hybridized carbons (Fsp3) is 0.310. The van der Waals surface area contributed by atoms with Crippen LogP contribution >= 0.6 is 11.6 Å². The molecule has 0 fully saturated rings. The van der Waals surface area contributed by atoms with Crippen molar-refractivity contribution in [2.45, 2.75) is 31.9 Å². The molecule has 1 aliphatic rings. The number of nitrogens with zero attached hydrogens (tertiary/aromatic N) is 1. The average molecular weight is 578 g/mol. The molecule has 0 saturated heterocycles. The Balaban J connectivity index is 1.40. The lowest BCUT2D eigenvalue weighted by Gasteiger charge is -2.25. The maximum atomic E-state index is 12.9. The van der Waals surface area contributed by atoms with E-state index in [4.69, 9.17) is 30.6 Å². The second kappa shape index (κ2) is 12.6. The number of esters is 1. The molecule has 0 aromatic heterocycles. The molecule has 40 heavy (non-hydrogen) atoms. The standard InChI is InChI=1S/C29H27ClF3NO6/c1-3-38-28(36)22-13-15-39-25-17-26(24(30)16-23(22)25)40-21-10-6-19(7-11-21)27(35)34(37-2)14-12-18-4-8-20(9-5-18)29(31,32)33/h4-11,16-17,22H,3,12-15H2,1-2H3. The maximum absolute atomic E-state index is 12.9. The van der Waals surface area contributed by atoms with Crippen molar-refractivity contribution in [3.05, 3.63) is 87.9 Å². The Morgan fingerprint density at radius 2 is 1.77 bits per heavy atom. The fourth-order valence-electron chi connectivity index (χ4n) is 4.26. The van der Waals surface area contributed by atoms with Gasteiger partial charge in [0.25, 0.3) is 5.91 Å². The van der Waals surface area contributed by atoms with Gasteiger partial charge in [0.15, 0.2) is 0 Å². The average Bonchev–Trinajstić information content (AvgIpc) is 2.93. The van der Waals surface area contributed by atoms with E-state index in [1.807, 2.05) is 0 Å². The summed E-state index contributed by atoms with van der Waals surface area (Å²) in [6.07, 6.45) is -3.62. The van der Waals surface area contributed by atoms with Crippen LogP contribution in [-0.4, -0.2) is 43.8 Å². The van der Waals surface area contributed by atoms with Gasteiger partial charge in [-0.05, 0) is 67.8 Å². The van der Waals surface area contributed by atoms with Gasteiger partial charge < -0.3 is 14.2 Å². The van der Waals surface area contributed by atoms with E-state index >= 15 is 0 Å². The number of hydrogen-bond donors (Lipinski definition) is 0. The quantitative estimate of drug-likeness (QED) is 0.205. The Morgan fingerprint density at radius 3 is 2.40 bits per heavy atom. The summed E-state index contributed by atoms with van der Waals surface area (Å²) in [6, 6.07) is 14.3. The maximum Gasteiger partial charge on any atom is 0.416 e. The first-order valence-electron chi connectivity index (χ1n) is 12.5. The van der Waals surface area contributed by atoms with Crippen LogP contribution in [0.15, 0.2) is 60.7 Å². The Kier molecular flexibility index (Phi) is 9.21. The number of amides is 1. The molecule has 7 nitrogen and oxygen atoms in total. The highest BCUT2D eigenvalue weighted by molar-refractivity contribution is 6.32. The van der Waals surface area contributed by atoms with Crippen molar-refractivity contribution >= 4 is 23.5 Å². The van der Waals surface area contributed by atoms with Crippen LogP contribution in [-0.2, 0) is 27.0 Å². The van der Waals surface area contributed by atoms with Crippen molar-refractivity contribution in [2.24, 2.45) is 0 Å². The Hall–Kier alpha value is -3.76. The zero-order valence-electron chi connectivity index (χ0n) is 21.8. The molecule has 0 radical (unpaired) electrons. The molecule has 0 aliphatic carbocycles. The van der Waals surface area contributed by atoms with Crippen LogP contribution in [0.3, 0.4) is 0 Å². The summed E-state index contributed by atoms with van der Waals surface area (Å²) in [5, 5.41) is 1.41. The molecule has 212 valence electrons. The van der Waals surface area contributed by atoms with E-state index < -0.39 is 23.6 Å². The first-order valence-corrected chi connectivity index (χ1v) is 12.9. The summed E-state index contributed by atoms with van der Waals surface area (Å²) in [7, 11) is 1.34. The lowest BCUT2D eigenvalue weighted by molar-refractivity contribution is -0.145. The van der Waals surface area contributed by atoms with Crippen molar-refractivity contribution in [1.82, 2.24) is 5.06 Å². The lowest BCUT2D eigenvalue weighted by Crippen LogP contribution is -2.31. The predicted octanol–water partition coefficient (Wildman–Crippen LogP) is 6.83. The summed E-state index contributed by atoms with van der Waals surface area (Å²) in [5.41, 5.74) is 0.854. The highest BCUT2D eigenvalue weighted by Gasteiger charge is 2.31. The van der Waals surface area contributed by atoms with E-state index in [-0.39, 0.29) is 24.1 Å². The summed E-state index contributed by atoms with van der Waals surface area (Å²) < 4.78 is 55.1. The minimum absolute atomic E-state index is 0.135. The summed E-state index contributed by atoms with van der Waals surface area (Å²) in [6.45, 7) is 2.51. The zero-order valence-corrected chi connectivity index (χ0v) is 22.6. The van der Waals surface area contributed by atoms with Gasteiger partial charge in [0, 0.05) is 17.2 Å². The fourth-order valence-corrected chi connectivity index (χ4v) is 4.47. The molecule has 1 aliphatic heterocycles. The van der Waals surface area contributed by atoms with E-state index in [1.54, 1.807) is 43.3 Å². The number of hydrogen-bond acceptors (Lipinski definition) is 6. The molecule has 1 heterocycles. The molecule has 1 atom stereocenters. The smallest absolute Gasteiger partial charge is 0.416 e. The van der Waals surface area contributed by atoms with Crippen LogP contribution in [0.2, 0.25) is 5.02 Å². The third kappa shape index (κ3) is 6.86. The Labute approximate surface area is 234 Å². The third-order valence-electron chi connectivity index (χ3n) is 6.34. The molecule has 1 unspecified atom stereocenters. The number of carbonyl (C=O) groups is 2. The van der Waals surface area contributed by atoms with E-state index in [0.717, 1.165) is 17.2 Å². The van der Waals surface area contributed by atoms with Gasteiger partial charge in [-0.25, -0.2) is 5.06 Å². The van der Waals surface area contributed by atoms with Gasteiger partial charge in [0.2, 0.25) is 0 Å². The predicted molar refractivity (Wildman–Crippen MR) is 141 cm³/mol. The van der Waals surface area contributed by atoms with Crippen LogP contribution in [0, 0.1) is 0 Å². The Morgan fingerprint density at radius 1 is 1.07 bits per heavy atom. The third-order valence-corrected chi connectivity index (χ3v) is 6.63. The highest BCUT2D eigenvalue weighted by atomic mass is 35.5. The van der Waals surface area contributed by atoms with Gasteiger partial charge in [0.1, 0.15) is 17.2 Å². The summed E-state index contributed by atoms with van der Waals surface area (Å²) in [4.78, 5) is 30.5. The summed E-state index contributed by atoms with van der Waals surface area (Å²) >= 11 is 6.45. The molecule has 1 amide bonds. The lowest BCUT2D eigenvalue weighted by atomic mass is 9.93. The number of hydroxylamine groups is 2. The second-order valence-corrected chi connectivity index (χ2v) is 9.33. The van der Waals surface area contributed by atoms with Crippen LogP contribution in [0.25, 0.3) is 0 Å². The minimum atomic E-state index is -4.41. The normalized spacial score (nSPS) is 14.6. The zero-order chi connectivity index (χ0) is 28.9. The number of benzene rings is 3. The molecular formula is C29H27ClF3NO6. The highest BCUT2D eigenvalue weighted by Crippen LogP contribution is 2.42. The van der Waals surface area contributed by atoms with E-state index in [1.165, 1.54) is 19.2 Å². The van der Waals surface area contributed by atoms with Crippen molar-refractivity contribution in [1.29, 1.82) is 0 Å². The van der Waals surface area contributed by atoms with Crippen molar-refractivity contribution in [3.63, 3.8) is 0 Å². The van der Waals surface area contributed by atoms with Crippen molar-refractivity contribution < 1.29 is 41.8 Å². The molecular weight excluding hydrogens is 551 g/mol. The van der Waals surface area contributed by atoms with Gasteiger partial charge in [0.05, 0.1) is 43.4 Å². The van der Waals surface area contributed by atoms with Gasteiger partial charge >= 0.3 is 12.1 Å². The molecule has 0 saturated carbocycles. The van der Waals surface area contributed by atoms with E-state index in [2.05, 4.69) is 0 Å². The first-order chi connectivity index (χ1) is 19.1. The molecule has 0 spiro atoms. The van der Waals surface area contributed by atoms with Crippen molar-refractivity contribution in [3.8, 4) is 17.2 Å². The van der Waals surface area contributed by atoms with Gasteiger partial charge in [-0.2, -0.15) is 13.2 Å². The molecule has 0 bridgehead atoms. The summed E-state index contributed by atoms with van der Waals surface area (Å²) in [5.74, 6) is -0.0144. The minimum Gasteiger partial charge on any atom is -0.493 e. The van der Waals surface area contributed by atoms with Crippen molar-refractivity contribution in [2.75, 3.05) is 26.9 Å². The van der Waals surface area contributed by atoms with E-state index in [0.29, 0.717) is 53.4 Å². The number of halogens is 4. The molecule has 0 N–H and O–H groups in total. The number of alkyl halides is 3. The number of carbonyl (C=O) groups excluding carboxylic acids is 2. The first kappa shape index (κ1) is 29.2. The van der Waals surface area contributed by atoms with Gasteiger partial charge in [-0.3, -0.25) is 14.4 Å². The van der Waals surface area contributed by atoms with Crippen LogP contribution < -0.4 is 9.47 Å². The molecule has 3 aromatic carbocycles. The largest absolute Gasteiger partial charge is 0.493 e. The number of rotatable bonds is 9. The second-order valence-electron chi connectivity index (χ2n) is 8.92. The SMILES string of the molecule is CCOC(=O)C1CCOc2cc(Oc3ccc(C(=O)N(CCc4ccc(C(F)(F)F)cc4)OC)cc3)c(Cl)cc21. The number of fused-ring (bicyclic) bond motifs is 1. The van der Waals surface area contributed by atoms with Gasteiger partial charge in [-0.15, -0.1) is 0 Å². The van der Waals surface area contributed by atoms with Crippen LogP contribution in [0.5, 0.6) is 17.2 Å². The Bertz CT molecular complexity index is 1350. The monoisotopic (exact) mass is 577 g/mol. The van der Waals surface area contributed by atoms with Crippen LogP contribution in [0.1, 0.15) is 46.3 Å². The topological polar surface area (TPSA) is 74.3 Å². The molecule has 11 heteroatoms. The van der Waals surface area contributed by atoms with Crippen LogP contribution in [0.4, 0.5) is 13.2 Å². The molecule has 3 aromatic rings. The van der Waals surface area contributed by atoms with Gasteiger partial charge in [-0.1, -0.05) is 23.7 Å².